The smallest absolute Gasteiger partial charge is 0.253 e. The number of hydrogen-bond donors (Lipinski definition) is 1. The molecule has 0 aliphatic heterocycles. The van der Waals surface area contributed by atoms with Crippen LogP contribution in [0.1, 0.15) is 19.4 Å². The van der Waals surface area contributed by atoms with E-state index in [2.05, 4.69) is 31.4 Å². The fourth-order valence-electron chi connectivity index (χ4n) is 1.41. The van der Waals surface area contributed by atoms with Crippen LogP contribution in [0.3, 0.4) is 0 Å². The summed E-state index contributed by atoms with van der Waals surface area (Å²) in [5.74, 6) is 0. The molecule has 0 aliphatic rings. The van der Waals surface area contributed by atoms with E-state index in [0.717, 1.165) is 23.1 Å². The molecule has 0 aliphatic carbocycles. The number of rotatable bonds is 2. The van der Waals surface area contributed by atoms with Gasteiger partial charge in [-0.15, -0.1) is 0 Å². The van der Waals surface area contributed by atoms with Gasteiger partial charge < -0.3 is 0 Å². The zero-order valence-corrected chi connectivity index (χ0v) is 12.4. The van der Waals surface area contributed by atoms with Gasteiger partial charge in [0.1, 0.15) is 0 Å². The van der Waals surface area contributed by atoms with Crippen LogP contribution in [0.5, 0.6) is 0 Å². The van der Waals surface area contributed by atoms with E-state index < -0.39 is 11.7 Å². The van der Waals surface area contributed by atoms with Crippen molar-refractivity contribution in [1.82, 2.24) is 4.98 Å². The van der Waals surface area contributed by atoms with Gasteiger partial charge >= 0.3 is 6.18 Å². The number of thiazole rings is 1. The highest BCUT2D eigenvalue weighted by molar-refractivity contribution is 9.10. The van der Waals surface area contributed by atoms with Crippen LogP contribution in [0.25, 0.3) is 10.2 Å². The lowest BCUT2D eigenvalue weighted by Gasteiger charge is -2.07. The predicted octanol–water partition coefficient (Wildman–Crippen LogP) is 4.89. The van der Waals surface area contributed by atoms with Gasteiger partial charge in [-0.3, -0.25) is 5.43 Å². The first-order valence-electron chi connectivity index (χ1n) is 5.22. The molecule has 1 N–H and O–H groups in total. The van der Waals surface area contributed by atoms with Gasteiger partial charge in [-0.1, -0.05) is 11.3 Å². The topological polar surface area (TPSA) is 37.3 Å². The third-order valence-electron chi connectivity index (χ3n) is 2.17. The van der Waals surface area contributed by atoms with Gasteiger partial charge in [0.2, 0.25) is 5.13 Å². The molecule has 0 radical (unpaired) electrons. The highest BCUT2D eigenvalue weighted by Gasteiger charge is 2.34. The molecule has 2 aromatic rings. The number of alkyl halides is 3. The second-order valence-corrected chi connectivity index (χ2v) is 5.81. The van der Waals surface area contributed by atoms with Crippen molar-refractivity contribution in [3.63, 3.8) is 0 Å². The summed E-state index contributed by atoms with van der Waals surface area (Å²) in [5.41, 5.74) is 3.00. The van der Waals surface area contributed by atoms with Gasteiger partial charge in [-0.2, -0.15) is 18.3 Å². The van der Waals surface area contributed by atoms with Crippen LogP contribution in [-0.4, -0.2) is 10.7 Å². The minimum atomic E-state index is -4.40. The molecular weight excluding hydrogens is 343 g/mol. The summed E-state index contributed by atoms with van der Waals surface area (Å²) in [6.07, 6.45) is -4.40. The quantitative estimate of drug-likeness (QED) is 0.618. The zero-order valence-electron chi connectivity index (χ0n) is 9.97. The lowest BCUT2D eigenvalue weighted by atomic mass is 10.2. The molecule has 0 fully saturated rings. The molecule has 3 nitrogen and oxygen atoms in total. The van der Waals surface area contributed by atoms with Crippen LogP contribution < -0.4 is 5.43 Å². The van der Waals surface area contributed by atoms with Gasteiger partial charge in [0, 0.05) is 10.2 Å². The number of anilines is 1. The van der Waals surface area contributed by atoms with Crippen molar-refractivity contribution in [2.45, 2.75) is 20.0 Å². The molecule has 1 aromatic carbocycles. The van der Waals surface area contributed by atoms with E-state index in [0.29, 0.717) is 9.60 Å². The standard InChI is InChI=1S/C11H9BrF3N3S/c1-5(2)17-18-10-16-8-7(12)4-3-6(9(8)19-10)11(13,14)15/h3-4H,1-2H3,(H,16,18). The fraction of sp³-hybridized carbons (Fsp3) is 0.273. The third-order valence-corrected chi connectivity index (χ3v) is 3.81. The third kappa shape index (κ3) is 3.06. The molecule has 0 unspecified atom stereocenters. The second kappa shape index (κ2) is 5.09. The van der Waals surface area contributed by atoms with Crippen LogP contribution in [0.2, 0.25) is 0 Å². The zero-order chi connectivity index (χ0) is 14.2. The van der Waals surface area contributed by atoms with E-state index in [-0.39, 0.29) is 10.2 Å². The maximum absolute atomic E-state index is 12.9. The van der Waals surface area contributed by atoms with Crippen LogP contribution in [-0.2, 0) is 6.18 Å². The van der Waals surface area contributed by atoms with Crippen molar-refractivity contribution in [3.05, 3.63) is 22.2 Å². The molecular formula is C11H9BrF3N3S. The van der Waals surface area contributed by atoms with Gasteiger partial charge in [0.15, 0.2) is 0 Å². The number of fused-ring (bicyclic) bond motifs is 1. The number of nitrogens with zero attached hydrogens (tertiary/aromatic N) is 2. The summed E-state index contributed by atoms with van der Waals surface area (Å²) in [6.45, 7) is 3.55. The van der Waals surface area contributed by atoms with E-state index in [1.54, 1.807) is 13.8 Å². The SMILES string of the molecule is CC(C)=NNc1nc2c(Br)ccc(C(F)(F)F)c2s1. The Labute approximate surface area is 119 Å². The van der Waals surface area contributed by atoms with Crippen LogP contribution in [0, 0.1) is 0 Å². The molecule has 19 heavy (non-hydrogen) atoms. The maximum Gasteiger partial charge on any atom is 0.417 e. The molecule has 2 rings (SSSR count). The molecule has 8 heteroatoms. The summed E-state index contributed by atoms with van der Waals surface area (Å²) in [6, 6.07) is 2.39. The Kier molecular flexibility index (Phi) is 3.82. The summed E-state index contributed by atoms with van der Waals surface area (Å²) >= 11 is 4.13. The number of aromatic nitrogens is 1. The highest BCUT2D eigenvalue weighted by atomic mass is 79.9. The second-order valence-electron chi connectivity index (χ2n) is 3.96. The Morgan fingerprint density at radius 1 is 1.37 bits per heavy atom. The molecule has 0 bridgehead atoms. The average Bonchev–Trinajstić information content (AvgIpc) is 2.69. The lowest BCUT2D eigenvalue weighted by molar-refractivity contribution is -0.136. The monoisotopic (exact) mass is 351 g/mol. The molecule has 0 spiro atoms. The minimum absolute atomic E-state index is 0.0910. The van der Waals surface area contributed by atoms with Crippen molar-refractivity contribution in [1.29, 1.82) is 0 Å². The van der Waals surface area contributed by atoms with Crippen molar-refractivity contribution in [3.8, 4) is 0 Å². The van der Waals surface area contributed by atoms with Crippen molar-refractivity contribution in [2.75, 3.05) is 5.43 Å². The Hall–Kier alpha value is -1.15. The molecule has 1 aromatic heterocycles. The van der Waals surface area contributed by atoms with Gasteiger partial charge in [-0.05, 0) is 41.9 Å². The van der Waals surface area contributed by atoms with E-state index in [9.17, 15) is 13.2 Å². The number of halogens is 4. The maximum atomic E-state index is 12.9. The van der Waals surface area contributed by atoms with E-state index in [4.69, 9.17) is 0 Å². The van der Waals surface area contributed by atoms with E-state index in [1.165, 1.54) is 6.07 Å². The molecule has 0 atom stereocenters. The van der Waals surface area contributed by atoms with Crippen LogP contribution >= 0.6 is 27.3 Å². The number of benzene rings is 1. The van der Waals surface area contributed by atoms with Crippen molar-refractivity contribution >= 4 is 48.3 Å². The highest BCUT2D eigenvalue weighted by Crippen LogP contribution is 2.41. The van der Waals surface area contributed by atoms with Gasteiger partial charge in [0.05, 0.1) is 15.8 Å². The fourth-order valence-corrected chi connectivity index (χ4v) is 2.92. The van der Waals surface area contributed by atoms with E-state index in [1.807, 2.05) is 0 Å². The Morgan fingerprint density at radius 2 is 2.05 bits per heavy atom. The van der Waals surface area contributed by atoms with Crippen molar-refractivity contribution in [2.24, 2.45) is 5.10 Å². The molecule has 1 heterocycles. The lowest BCUT2D eigenvalue weighted by Crippen LogP contribution is -2.04. The average molecular weight is 352 g/mol. The normalized spacial score (nSPS) is 11.7. The molecule has 102 valence electrons. The van der Waals surface area contributed by atoms with Crippen LogP contribution in [0.4, 0.5) is 18.3 Å². The summed E-state index contributed by atoms with van der Waals surface area (Å²) < 4.78 is 39.3. The first-order chi connectivity index (χ1) is 8.79. The number of nitrogens with one attached hydrogen (secondary N) is 1. The predicted molar refractivity (Wildman–Crippen MR) is 74.7 cm³/mol. The summed E-state index contributed by atoms with van der Waals surface area (Å²) in [4.78, 5) is 4.11. The Morgan fingerprint density at radius 3 is 2.63 bits per heavy atom. The van der Waals surface area contributed by atoms with E-state index >= 15 is 0 Å². The molecule has 0 amide bonds. The van der Waals surface area contributed by atoms with Gasteiger partial charge in [0.25, 0.3) is 0 Å². The van der Waals surface area contributed by atoms with Crippen LogP contribution in [0.15, 0.2) is 21.7 Å². The number of hydrazone groups is 1. The molecule has 0 saturated heterocycles. The largest absolute Gasteiger partial charge is 0.417 e. The Balaban J connectivity index is 2.57. The first-order valence-corrected chi connectivity index (χ1v) is 6.83. The van der Waals surface area contributed by atoms with Gasteiger partial charge in [-0.25, -0.2) is 4.98 Å². The Bertz CT molecular complexity index is 644. The number of hydrogen-bond acceptors (Lipinski definition) is 4. The molecule has 0 saturated carbocycles. The first kappa shape index (κ1) is 14.3. The summed E-state index contributed by atoms with van der Waals surface area (Å²) in [7, 11) is 0. The minimum Gasteiger partial charge on any atom is -0.253 e. The summed E-state index contributed by atoms with van der Waals surface area (Å²) in [5, 5.41) is 4.26. The van der Waals surface area contributed by atoms with Crippen molar-refractivity contribution < 1.29 is 13.2 Å².